The lowest BCUT2D eigenvalue weighted by atomic mass is 10.1. The van der Waals surface area contributed by atoms with Gasteiger partial charge in [-0.2, -0.15) is 5.10 Å². The maximum Gasteiger partial charge on any atom is 0.242 e. The Labute approximate surface area is 146 Å². The van der Waals surface area contributed by atoms with Crippen molar-refractivity contribution < 1.29 is 13.2 Å². The molecule has 9 nitrogen and oxygen atoms in total. The molecule has 0 bridgehead atoms. The fourth-order valence-electron chi connectivity index (χ4n) is 3.15. The molecule has 0 unspecified atom stereocenters. The minimum atomic E-state index is -3.66. The van der Waals surface area contributed by atoms with Gasteiger partial charge < -0.3 is 5.73 Å². The molecular weight excluding hydrogens is 344 g/mol. The smallest absolute Gasteiger partial charge is 0.242 e. The van der Waals surface area contributed by atoms with Crippen LogP contribution in [0.5, 0.6) is 0 Å². The first-order valence-corrected chi connectivity index (χ1v) is 9.57. The van der Waals surface area contributed by atoms with Crippen LogP contribution < -0.4 is 10.5 Å². The Hall–Kier alpha value is -2.04. The number of rotatable bonds is 5. The molecule has 1 fully saturated rings. The van der Waals surface area contributed by atoms with E-state index in [-0.39, 0.29) is 23.4 Å². The number of hydrogen-bond donors (Lipinski definition) is 2. The summed E-state index contributed by atoms with van der Waals surface area (Å²) in [4.78, 5) is 17.2. The summed E-state index contributed by atoms with van der Waals surface area (Å²) in [6, 6.07) is 1.44. The van der Waals surface area contributed by atoms with E-state index < -0.39 is 10.0 Å². The average molecular weight is 366 g/mol. The molecule has 0 spiro atoms. The first-order chi connectivity index (χ1) is 11.8. The summed E-state index contributed by atoms with van der Waals surface area (Å²) in [6.07, 6.45) is 2.62. The van der Waals surface area contributed by atoms with E-state index in [1.165, 1.54) is 6.20 Å². The number of likely N-dealkylation sites (tertiary alicyclic amines) is 1. The van der Waals surface area contributed by atoms with Crippen LogP contribution in [0.15, 0.2) is 17.2 Å². The molecule has 3 heterocycles. The zero-order valence-corrected chi connectivity index (χ0v) is 15.1. The van der Waals surface area contributed by atoms with Gasteiger partial charge in [0.1, 0.15) is 4.90 Å². The van der Waals surface area contributed by atoms with Crippen LogP contribution in [-0.4, -0.2) is 59.7 Å². The summed E-state index contributed by atoms with van der Waals surface area (Å²) in [6.45, 7) is 3.30. The molecule has 0 atom stereocenters. The van der Waals surface area contributed by atoms with Gasteiger partial charge in [-0.25, -0.2) is 18.1 Å². The van der Waals surface area contributed by atoms with E-state index >= 15 is 0 Å². The van der Waals surface area contributed by atoms with E-state index in [2.05, 4.69) is 14.8 Å². The van der Waals surface area contributed by atoms with Crippen LogP contribution in [0.4, 0.5) is 0 Å². The number of nitrogens with two attached hydrogens (primary N) is 1. The first-order valence-electron chi connectivity index (χ1n) is 8.08. The fourth-order valence-corrected chi connectivity index (χ4v) is 4.43. The Bertz CT molecular complexity index is 899. The van der Waals surface area contributed by atoms with Crippen LogP contribution in [-0.2, 0) is 21.9 Å². The maximum atomic E-state index is 12.7. The van der Waals surface area contributed by atoms with Crippen molar-refractivity contribution in [2.24, 2.45) is 12.8 Å². The Morgan fingerprint density at radius 2 is 2.08 bits per heavy atom. The summed E-state index contributed by atoms with van der Waals surface area (Å²) in [5, 5.41) is 4.98. The van der Waals surface area contributed by atoms with E-state index in [9.17, 15) is 13.2 Å². The zero-order chi connectivity index (χ0) is 18.2. The van der Waals surface area contributed by atoms with Gasteiger partial charge in [0.15, 0.2) is 5.65 Å². The number of hydrogen-bond acceptors (Lipinski definition) is 6. The standard InChI is InChI=1S/C15H22N6O3S/c1-10-13-7-12(8-17-15(13)20(2)18-10)25(23,24)19-11-3-5-21(6-4-11)9-14(16)22/h7-8,11,19H,3-6,9H2,1-2H3,(H2,16,22). The molecule has 3 N–H and O–H groups in total. The summed E-state index contributed by atoms with van der Waals surface area (Å²) in [7, 11) is -1.89. The number of nitrogens with zero attached hydrogens (tertiary/aromatic N) is 4. The van der Waals surface area contributed by atoms with E-state index in [1.807, 2.05) is 11.8 Å². The van der Waals surface area contributed by atoms with Gasteiger partial charge in [0.25, 0.3) is 0 Å². The van der Waals surface area contributed by atoms with Gasteiger partial charge in [-0.3, -0.25) is 14.4 Å². The summed E-state index contributed by atoms with van der Waals surface area (Å²) >= 11 is 0. The normalized spacial score (nSPS) is 17.2. The highest BCUT2D eigenvalue weighted by molar-refractivity contribution is 7.89. The fraction of sp³-hybridized carbons (Fsp3) is 0.533. The predicted molar refractivity (Wildman–Crippen MR) is 92.2 cm³/mol. The van der Waals surface area contributed by atoms with Gasteiger partial charge in [0.2, 0.25) is 15.9 Å². The van der Waals surface area contributed by atoms with Gasteiger partial charge in [-0.05, 0) is 25.8 Å². The van der Waals surface area contributed by atoms with Crippen LogP contribution in [0.25, 0.3) is 11.0 Å². The average Bonchev–Trinajstić information content (AvgIpc) is 2.83. The van der Waals surface area contributed by atoms with Gasteiger partial charge in [-0.15, -0.1) is 0 Å². The second kappa shape index (κ2) is 6.70. The molecule has 136 valence electrons. The van der Waals surface area contributed by atoms with E-state index in [4.69, 9.17) is 5.73 Å². The van der Waals surface area contributed by atoms with Crippen LogP contribution in [0.2, 0.25) is 0 Å². The lowest BCUT2D eigenvalue weighted by Crippen LogP contribution is -2.46. The van der Waals surface area contributed by atoms with Crippen molar-refractivity contribution in [3.05, 3.63) is 18.0 Å². The highest BCUT2D eigenvalue weighted by Crippen LogP contribution is 2.20. The molecule has 1 saturated heterocycles. The first kappa shape index (κ1) is 17.8. The number of sulfonamides is 1. The Morgan fingerprint density at radius 1 is 1.40 bits per heavy atom. The van der Waals surface area contributed by atoms with Crippen molar-refractivity contribution in [3.8, 4) is 0 Å². The van der Waals surface area contributed by atoms with Gasteiger partial charge in [0.05, 0.1) is 12.2 Å². The van der Waals surface area contributed by atoms with Crippen molar-refractivity contribution >= 4 is 27.0 Å². The Kier molecular flexibility index (Phi) is 4.76. The predicted octanol–water partition coefficient (Wildman–Crippen LogP) is -0.495. The molecule has 0 aromatic carbocycles. The van der Waals surface area contributed by atoms with Crippen molar-refractivity contribution in [3.63, 3.8) is 0 Å². The van der Waals surface area contributed by atoms with Crippen LogP contribution in [0.1, 0.15) is 18.5 Å². The SMILES string of the molecule is Cc1nn(C)c2ncc(S(=O)(=O)NC3CCN(CC(N)=O)CC3)cc12. The highest BCUT2D eigenvalue weighted by atomic mass is 32.2. The van der Waals surface area contributed by atoms with Crippen molar-refractivity contribution in [1.82, 2.24) is 24.4 Å². The summed E-state index contributed by atoms with van der Waals surface area (Å²) < 4.78 is 29.7. The minimum Gasteiger partial charge on any atom is -0.369 e. The third kappa shape index (κ3) is 3.80. The molecule has 1 aliphatic heterocycles. The maximum absolute atomic E-state index is 12.7. The zero-order valence-electron chi connectivity index (χ0n) is 14.3. The number of aryl methyl sites for hydroxylation is 2. The lowest BCUT2D eigenvalue weighted by molar-refractivity contribution is -0.119. The second-order valence-electron chi connectivity index (χ2n) is 6.39. The number of fused-ring (bicyclic) bond motifs is 1. The Balaban J connectivity index is 1.72. The number of primary amides is 1. The summed E-state index contributed by atoms with van der Waals surface area (Å²) in [5.41, 5.74) is 6.58. The molecule has 1 aliphatic rings. The van der Waals surface area contributed by atoms with E-state index in [0.717, 1.165) is 11.1 Å². The monoisotopic (exact) mass is 366 g/mol. The molecule has 3 rings (SSSR count). The largest absolute Gasteiger partial charge is 0.369 e. The number of pyridine rings is 1. The van der Waals surface area contributed by atoms with Gasteiger partial charge >= 0.3 is 0 Å². The molecule has 2 aromatic rings. The molecule has 25 heavy (non-hydrogen) atoms. The number of carbonyl (C=O) groups excluding carboxylic acids is 1. The molecule has 0 saturated carbocycles. The van der Waals surface area contributed by atoms with E-state index in [0.29, 0.717) is 31.6 Å². The topological polar surface area (TPSA) is 123 Å². The second-order valence-corrected chi connectivity index (χ2v) is 8.10. The number of nitrogens with one attached hydrogen (secondary N) is 1. The van der Waals surface area contributed by atoms with Crippen LogP contribution in [0, 0.1) is 6.92 Å². The van der Waals surface area contributed by atoms with E-state index in [1.54, 1.807) is 17.8 Å². The Morgan fingerprint density at radius 3 is 2.72 bits per heavy atom. The van der Waals surface area contributed by atoms with Crippen LogP contribution >= 0.6 is 0 Å². The highest BCUT2D eigenvalue weighted by Gasteiger charge is 2.26. The van der Waals surface area contributed by atoms with Crippen molar-refractivity contribution in [1.29, 1.82) is 0 Å². The molecular formula is C15H22N6O3S. The van der Waals surface area contributed by atoms with Gasteiger partial charge in [0, 0.05) is 37.8 Å². The quantitative estimate of drug-likeness (QED) is 0.736. The van der Waals surface area contributed by atoms with Crippen molar-refractivity contribution in [2.75, 3.05) is 19.6 Å². The number of amides is 1. The third-order valence-electron chi connectivity index (χ3n) is 4.44. The molecule has 2 aromatic heterocycles. The summed E-state index contributed by atoms with van der Waals surface area (Å²) in [5.74, 6) is -0.370. The van der Waals surface area contributed by atoms with Gasteiger partial charge in [-0.1, -0.05) is 0 Å². The third-order valence-corrected chi connectivity index (χ3v) is 5.92. The van der Waals surface area contributed by atoms with Crippen molar-refractivity contribution in [2.45, 2.75) is 30.7 Å². The van der Waals surface area contributed by atoms with Crippen LogP contribution in [0.3, 0.4) is 0 Å². The molecule has 1 amide bonds. The minimum absolute atomic E-state index is 0.135. The number of aromatic nitrogens is 3. The number of carbonyl (C=O) groups is 1. The molecule has 0 radical (unpaired) electrons. The molecule has 10 heteroatoms. The number of piperidine rings is 1. The lowest BCUT2D eigenvalue weighted by Gasteiger charge is -2.31. The molecule has 0 aliphatic carbocycles.